The summed E-state index contributed by atoms with van der Waals surface area (Å²) in [5.41, 5.74) is 6.60. The lowest BCUT2D eigenvalue weighted by Crippen LogP contribution is -2.09. The lowest BCUT2D eigenvalue weighted by molar-refractivity contribution is 0.303. The predicted molar refractivity (Wildman–Crippen MR) is 157 cm³/mol. The lowest BCUT2D eigenvalue weighted by Gasteiger charge is -2.25. The number of nitrogens with zero attached hydrogens (tertiary/aromatic N) is 1. The van der Waals surface area contributed by atoms with Crippen LogP contribution >= 0.6 is 0 Å². The number of hydrogen-bond acceptors (Lipinski definition) is 3. The van der Waals surface area contributed by atoms with E-state index < -0.39 is 0 Å². The molecule has 0 aliphatic carbocycles. The standard InChI is InChI=1S/C34H37NO2/c1-4-5-6-13-24-37-34-25-27(2)33(36-3)26-29(34)21-18-28-19-22-32(23-20-28)35(30-14-9-7-10-15-30)31-16-11-8-12-17-31/h7-12,14-23,25-26H,4-6,13,24H2,1-3H3. The molecule has 0 amide bonds. The van der Waals surface area contributed by atoms with Crippen molar-refractivity contribution in [3.8, 4) is 11.5 Å². The normalized spacial score (nSPS) is 11.0. The summed E-state index contributed by atoms with van der Waals surface area (Å²) in [6.07, 6.45) is 9.00. The maximum atomic E-state index is 6.19. The van der Waals surface area contributed by atoms with Gasteiger partial charge in [-0.2, -0.15) is 0 Å². The van der Waals surface area contributed by atoms with E-state index in [4.69, 9.17) is 9.47 Å². The summed E-state index contributed by atoms with van der Waals surface area (Å²) >= 11 is 0. The van der Waals surface area contributed by atoms with Crippen molar-refractivity contribution in [3.05, 3.63) is 114 Å². The number of para-hydroxylation sites is 2. The first kappa shape index (κ1) is 26.1. The maximum absolute atomic E-state index is 6.19. The molecular formula is C34H37NO2. The first-order valence-corrected chi connectivity index (χ1v) is 13.2. The molecule has 0 atom stereocenters. The van der Waals surface area contributed by atoms with Crippen molar-refractivity contribution in [2.24, 2.45) is 0 Å². The highest BCUT2D eigenvalue weighted by molar-refractivity contribution is 5.78. The van der Waals surface area contributed by atoms with Crippen LogP contribution in [-0.2, 0) is 0 Å². The molecule has 4 aromatic rings. The Bertz CT molecular complexity index is 1230. The Morgan fingerprint density at radius 2 is 1.30 bits per heavy atom. The molecule has 0 saturated carbocycles. The van der Waals surface area contributed by atoms with E-state index >= 15 is 0 Å². The molecule has 0 spiro atoms. The third-order valence-electron chi connectivity index (χ3n) is 6.42. The topological polar surface area (TPSA) is 21.7 Å². The van der Waals surface area contributed by atoms with Gasteiger partial charge in [-0.15, -0.1) is 0 Å². The van der Waals surface area contributed by atoms with Crippen LogP contribution in [0.25, 0.3) is 12.2 Å². The Morgan fingerprint density at radius 1 is 0.676 bits per heavy atom. The monoisotopic (exact) mass is 491 g/mol. The summed E-state index contributed by atoms with van der Waals surface area (Å²) in [4.78, 5) is 2.27. The fourth-order valence-corrected chi connectivity index (χ4v) is 4.39. The van der Waals surface area contributed by atoms with Gasteiger partial charge in [0.05, 0.1) is 13.7 Å². The number of anilines is 3. The highest BCUT2D eigenvalue weighted by Crippen LogP contribution is 2.35. The van der Waals surface area contributed by atoms with Gasteiger partial charge in [-0.25, -0.2) is 0 Å². The second-order valence-corrected chi connectivity index (χ2v) is 9.20. The van der Waals surface area contributed by atoms with Crippen molar-refractivity contribution in [1.82, 2.24) is 0 Å². The van der Waals surface area contributed by atoms with Gasteiger partial charge in [0, 0.05) is 22.6 Å². The molecule has 0 heterocycles. The van der Waals surface area contributed by atoms with Gasteiger partial charge in [0.15, 0.2) is 0 Å². The van der Waals surface area contributed by atoms with Gasteiger partial charge in [-0.3, -0.25) is 0 Å². The maximum Gasteiger partial charge on any atom is 0.127 e. The van der Waals surface area contributed by atoms with Crippen molar-refractivity contribution in [3.63, 3.8) is 0 Å². The van der Waals surface area contributed by atoms with Crippen LogP contribution < -0.4 is 14.4 Å². The van der Waals surface area contributed by atoms with Gasteiger partial charge in [-0.05, 0) is 73.0 Å². The molecule has 37 heavy (non-hydrogen) atoms. The molecule has 0 fully saturated rings. The van der Waals surface area contributed by atoms with Crippen molar-refractivity contribution >= 4 is 29.2 Å². The van der Waals surface area contributed by atoms with Crippen molar-refractivity contribution in [2.75, 3.05) is 18.6 Å². The summed E-state index contributed by atoms with van der Waals surface area (Å²) in [6.45, 7) is 5.01. The molecule has 4 rings (SSSR count). The molecule has 0 aliphatic heterocycles. The second-order valence-electron chi connectivity index (χ2n) is 9.20. The average molecular weight is 492 g/mol. The highest BCUT2D eigenvalue weighted by Gasteiger charge is 2.12. The Hall–Kier alpha value is -3.98. The zero-order valence-electron chi connectivity index (χ0n) is 22.2. The molecule has 0 aromatic heterocycles. The Morgan fingerprint density at radius 3 is 1.89 bits per heavy atom. The van der Waals surface area contributed by atoms with Gasteiger partial charge < -0.3 is 14.4 Å². The smallest absolute Gasteiger partial charge is 0.127 e. The molecule has 3 nitrogen and oxygen atoms in total. The molecule has 3 heteroatoms. The third-order valence-corrected chi connectivity index (χ3v) is 6.42. The molecule has 0 unspecified atom stereocenters. The summed E-state index contributed by atoms with van der Waals surface area (Å²) in [5.74, 6) is 1.77. The van der Waals surface area contributed by atoms with Gasteiger partial charge in [0.1, 0.15) is 11.5 Å². The minimum absolute atomic E-state index is 0.732. The number of aryl methyl sites for hydroxylation is 1. The SMILES string of the molecule is CCCCCCOc1cc(C)c(OC)cc1C=Cc1ccc(N(c2ccccc2)c2ccccc2)cc1. The molecular weight excluding hydrogens is 454 g/mol. The number of benzene rings is 4. The van der Waals surface area contributed by atoms with Crippen LogP contribution in [0.5, 0.6) is 11.5 Å². The van der Waals surface area contributed by atoms with Gasteiger partial charge in [0.2, 0.25) is 0 Å². The van der Waals surface area contributed by atoms with E-state index in [1.165, 1.54) is 19.3 Å². The van der Waals surface area contributed by atoms with Gasteiger partial charge in [-0.1, -0.05) is 86.9 Å². The fourth-order valence-electron chi connectivity index (χ4n) is 4.39. The second kappa shape index (κ2) is 13.4. The first-order valence-electron chi connectivity index (χ1n) is 13.2. The molecule has 4 aromatic carbocycles. The van der Waals surface area contributed by atoms with Crippen LogP contribution in [0.1, 0.15) is 49.3 Å². The molecule has 0 aliphatic rings. The van der Waals surface area contributed by atoms with Gasteiger partial charge >= 0.3 is 0 Å². The lowest BCUT2D eigenvalue weighted by atomic mass is 10.1. The van der Waals surface area contributed by atoms with Crippen molar-refractivity contribution < 1.29 is 9.47 Å². The number of methoxy groups -OCH3 is 1. The average Bonchev–Trinajstić information content (AvgIpc) is 2.94. The molecule has 0 radical (unpaired) electrons. The summed E-state index contributed by atoms with van der Waals surface area (Å²) < 4.78 is 11.8. The molecule has 0 bridgehead atoms. The van der Waals surface area contributed by atoms with Crippen LogP contribution in [0.15, 0.2) is 97.1 Å². The largest absolute Gasteiger partial charge is 0.496 e. The predicted octanol–water partition coefficient (Wildman–Crippen LogP) is 9.60. The van der Waals surface area contributed by atoms with Crippen LogP contribution in [0, 0.1) is 6.92 Å². The zero-order chi connectivity index (χ0) is 25.9. The molecule has 190 valence electrons. The van der Waals surface area contributed by atoms with E-state index in [2.05, 4.69) is 116 Å². The number of unbranched alkanes of at least 4 members (excludes halogenated alkanes) is 3. The first-order chi connectivity index (χ1) is 18.2. The molecule has 0 N–H and O–H groups in total. The van der Waals surface area contributed by atoms with Crippen LogP contribution in [-0.4, -0.2) is 13.7 Å². The van der Waals surface area contributed by atoms with Gasteiger partial charge in [0.25, 0.3) is 0 Å². The number of ether oxygens (including phenoxy) is 2. The van der Waals surface area contributed by atoms with E-state index in [0.717, 1.165) is 58.3 Å². The quantitative estimate of drug-likeness (QED) is 0.145. The van der Waals surface area contributed by atoms with Crippen LogP contribution in [0.3, 0.4) is 0 Å². The minimum Gasteiger partial charge on any atom is -0.496 e. The summed E-state index contributed by atoms with van der Waals surface area (Å²) in [6, 6.07) is 33.7. The van der Waals surface area contributed by atoms with Crippen molar-refractivity contribution in [2.45, 2.75) is 39.5 Å². The third kappa shape index (κ3) is 7.04. The minimum atomic E-state index is 0.732. The molecule has 0 saturated heterocycles. The zero-order valence-corrected chi connectivity index (χ0v) is 22.2. The summed E-state index contributed by atoms with van der Waals surface area (Å²) in [7, 11) is 1.71. The van der Waals surface area contributed by atoms with E-state index in [9.17, 15) is 0 Å². The summed E-state index contributed by atoms with van der Waals surface area (Å²) in [5, 5.41) is 0. The fraction of sp³-hybridized carbons (Fsp3) is 0.235. The van der Waals surface area contributed by atoms with Crippen LogP contribution in [0.2, 0.25) is 0 Å². The van der Waals surface area contributed by atoms with Crippen molar-refractivity contribution in [1.29, 1.82) is 0 Å². The Balaban J connectivity index is 1.56. The Labute approximate surface area is 222 Å². The Kier molecular flexibility index (Phi) is 9.42. The van der Waals surface area contributed by atoms with Crippen LogP contribution in [0.4, 0.5) is 17.1 Å². The number of rotatable bonds is 12. The van der Waals surface area contributed by atoms with E-state index in [1.54, 1.807) is 7.11 Å². The van der Waals surface area contributed by atoms with E-state index in [0.29, 0.717) is 0 Å². The van der Waals surface area contributed by atoms with E-state index in [-0.39, 0.29) is 0 Å². The number of hydrogen-bond donors (Lipinski definition) is 0. The van der Waals surface area contributed by atoms with E-state index in [1.807, 2.05) is 12.1 Å². The highest BCUT2D eigenvalue weighted by atomic mass is 16.5.